The SMILES string of the molecule is CN1CC(=O)N2[C@@H](Cc3ccc(OP(=O)(O)O)cc3)C(=O)N(Cc3cccc4cnn(Cc5cccc(N)c5)c34)C[C@@H]2N1C(=O)NCc1ccccc1. The summed E-state index contributed by atoms with van der Waals surface area (Å²) < 4.78 is 18.0. The number of hydrazine groups is 1. The van der Waals surface area contributed by atoms with E-state index in [1.165, 1.54) is 22.0 Å². The molecule has 2 saturated heterocycles. The van der Waals surface area contributed by atoms with Gasteiger partial charge in [0.1, 0.15) is 18.0 Å². The lowest BCUT2D eigenvalue weighted by Crippen LogP contribution is -2.76. The number of likely N-dealkylation sites (N-methyl/N-ethyl adjacent to an activating group) is 1. The Kier molecular flexibility index (Phi) is 9.90. The van der Waals surface area contributed by atoms with E-state index in [-0.39, 0.29) is 50.2 Å². The number of para-hydroxylation sites is 1. The van der Waals surface area contributed by atoms with Crippen molar-refractivity contribution in [1.29, 1.82) is 0 Å². The van der Waals surface area contributed by atoms with Crippen LogP contribution in [-0.4, -0.2) is 89.6 Å². The number of phosphoric ester groups is 1. The number of nitrogens with two attached hydrogens (primary N) is 1. The van der Waals surface area contributed by atoms with Gasteiger partial charge in [0, 0.05) is 37.6 Å². The predicted molar refractivity (Wildman–Crippen MR) is 195 cm³/mol. The Hall–Kier alpha value is -5.73. The molecule has 1 aromatic heterocycles. The highest BCUT2D eigenvalue weighted by Gasteiger charge is 2.50. The quantitative estimate of drug-likeness (QED) is 0.122. The fourth-order valence-electron chi connectivity index (χ4n) is 7.09. The van der Waals surface area contributed by atoms with Crippen molar-refractivity contribution >= 4 is 42.3 Å². The molecule has 0 bridgehead atoms. The number of aromatic nitrogens is 2. The van der Waals surface area contributed by atoms with Crippen LogP contribution in [0, 0.1) is 0 Å². The standard InChI is InChI=1S/C37H39N8O7P/c1-41-24-34(46)44-32(18-25-13-15-31(16-14-25)52-53(49,50)51)36(47)42(23-33(44)45(41)37(48)39-19-26-7-3-2-4-8-26)22-29-11-6-10-28-20-40-43(35(28)29)21-27-9-5-12-30(38)17-27/h2-17,20,32-33H,18-19,21-24,38H2,1H3,(H,39,48)(H2,49,50,51)/t32-,33-/m0/s1. The largest absolute Gasteiger partial charge is 0.524 e. The van der Waals surface area contributed by atoms with E-state index in [1.54, 1.807) is 35.3 Å². The van der Waals surface area contributed by atoms with Crippen LogP contribution in [0.5, 0.6) is 5.75 Å². The van der Waals surface area contributed by atoms with Gasteiger partial charge in [-0.25, -0.2) is 19.4 Å². The monoisotopic (exact) mass is 738 g/mol. The number of urea groups is 1. The number of nitrogens with one attached hydrogen (secondary N) is 1. The molecule has 2 atom stereocenters. The number of rotatable bonds is 10. The summed E-state index contributed by atoms with van der Waals surface area (Å²) in [6.45, 7) is 0.801. The molecular formula is C37H39N8O7P. The van der Waals surface area contributed by atoms with Crippen LogP contribution in [0.2, 0.25) is 0 Å². The number of anilines is 1. The van der Waals surface area contributed by atoms with Crippen molar-refractivity contribution in [3.05, 3.63) is 126 Å². The summed E-state index contributed by atoms with van der Waals surface area (Å²) in [5, 5.41) is 11.6. The van der Waals surface area contributed by atoms with Crippen molar-refractivity contribution in [2.45, 2.75) is 38.3 Å². The number of hydrogen-bond acceptors (Lipinski definition) is 8. The Morgan fingerprint density at radius 2 is 1.68 bits per heavy atom. The Bertz CT molecular complexity index is 2190. The Morgan fingerprint density at radius 1 is 0.943 bits per heavy atom. The van der Waals surface area contributed by atoms with Crippen LogP contribution in [-0.2, 0) is 40.2 Å². The summed E-state index contributed by atoms with van der Waals surface area (Å²) in [5.41, 5.74) is 10.9. The molecule has 0 spiro atoms. The molecule has 2 fully saturated rings. The van der Waals surface area contributed by atoms with Crippen molar-refractivity contribution in [2.75, 3.05) is 25.9 Å². The number of phosphoric acid groups is 1. The van der Waals surface area contributed by atoms with Crippen molar-refractivity contribution in [2.24, 2.45) is 0 Å². The molecule has 16 heteroatoms. The van der Waals surface area contributed by atoms with Crippen LogP contribution in [0.4, 0.5) is 10.5 Å². The second-order valence-electron chi connectivity index (χ2n) is 13.2. The summed E-state index contributed by atoms with van der Waals surface area (Å²) in [7, 11) is -3.11. The lowest BCUT2D eigenvalue weighted by Gasteiger charge is -2.54. The van der Waals surface area contributed by atoms with Crippen LogP contribution in [0.15, 0.2) is 103 Å². The lowest BCUT2D eigenvalue weighted by molar-refractivity contribution is -0.187. The molecule has 0 saturated carbocycles. The number of benzene rings is 4. The molecule has 5 aromatic rings. The minimum Gasteiger partial charge on any atom is -0.404 e. The maximum absolute atomic E-state index is 14.6. The number of hydrogen-bond donors (Lipinski definition) is 4. The molecule has 3 heterocycles. The van der Waals surface area contributed by atoms with E-state index in [0.29, 0.717) is 17.8 Å². The van der Waals surface area contributed by atoms with Crippen LogP contribution in [0.1, 0.15) is 22.3 Å². The van der Waals surface area contributed by atoms with Gasteiger partial charge in [0.2, 0.25) is 11.8 Å². The molecule has 4 aromatic carbocycles. The van der Waals surface area contributed by atoms with Gasteiger partial charge < -0.3 is 25.4 Å². The first kappa shape index (κ1) is 35.7. The topological polar surface area (TPSA) is 187 Å². The molecule has 7 rings (SSSR count). The third-order valence-corrected chi connectivity index (χ3v) is 9.85. The van der Waals surface area contributed by atoms with Gasteiger partial charge in [-0.3, -0.25) is 24.1 Å². The van der Waals surface area contributed by atoms with Crippen LogP contribution in [0.25, 0.3) is 10.9 Å². The van der Waals surface area contributed by atoms with Crippen molar-refractivity contribution in [3.8, 4) is 5.75 Å². The number of carbonyl (C=O) groups is 3. The molecule has 2 aliphatic rings. The average molecular weight is 739 g/mol. The van der Waals surface area contributed by atoms with Crippen LogP contribution in [0.3, 0.4) is 0 Å². The van der Waals surface area contributed by atoms with E-state index in [2.05, 4.69) is 10.4 Å². The van der Waals surface area contributed by atoms with Crippen molar-refractivity contribution in [1.82, 2.24) is 34.9 Å². The first-order valence-corrected chi connectivity index (χ1v) is 18.5. The van der Waals surface area contributed by atoms with E-state index >= 15 is 0 Å². The third kappa shape index (κ3) is 7.88. The zero-order valence-electron chi connectivity index (χ0n) is 28.9. The summed E-state index contributed by atoms with van der Waals surface area (Å²) >= 11 is 0. The Labute approximate surface area is 305 Å². The fourth-order valence-corrected chi connectivity index (χ4v) is 7.48. The minimum absolute atomic E-state index is 0.0407. The van der Waals surface area contributed by atoms with Crippen LogP contribution >= 0.6 is 7.82 Å². The lowest BCUT2D eigenvalue weighted by atomic mass is 9.98. The zero-order chi connectivity index (χ0) is 37.3. The molecule has 4 amide bonds. The fraction of sp³-hybridized carbons (Fsp3) is 0.243. The van der Waals surface area contributed by atoms with Crippen molar-refractivity contribution in [3.63, 3.8) is 0 Å². The maximum Gasteiger partial charge on any atom is 0.524 e. The first-order valence-electron chi connectivity index (χ1n) is 17.0. The second kappa shape index (κ2) is 14.7. The van der Waals surface area contributed by atoms with Crippen molar-refractivity contribution < 1.29 is 33.3 Å². The van der Waals surface area contributed by atoms with Gasteiger partial charge in [0.25, 0.3) is 0 Å². The van der Waals surface area contributed by atoms with E-state index in [9.17, 15) is 28.7 Å². The van der Waals surface area contributed by atoms with E-state index in [0.717, 1.165) is 27.6 Å². The second-order valence-corrected chi connectivity index (χ2v) is 14.3. The van der Waals surface area contributed by atoms with Gasteiger partial charge in [-0.05, 0) is 46.5 Å². The molecule has 0 unspecified atom stereocenters. The smallest absolute Gasteiger partial charge is 0.404 e. The molecule has 274 valence electrons. The highest BCUT2D eigenvalue weighted by molar-refractivity contribution is 7.46. The van der Waals surface area contributed by atoms with Gasteiger partial charge in [-0.2, -0.15) is 5.10 Å². The van der Waals surface area contributed by atoms with E-state index in [1.807, 2.05) is 77.5 Å². The summed E-state index contributed by atoms with van der Waals surface area (Å²) in [6, 6.07) is 27.4. The van der Waals surface area contributed by atoms with E-state index in [4.69, 9.17) is 10.3 Å². The minimum atomic E-state index is -4.78. The normalized spacial score (nSPS) is 18.0. The number of nitrogens with zero attached hydrogens (tertiary/aromatic N) is 6. The number of piperazine rings is 1. The number of carbonyl (C=O) groups excluding carboxylic acids is 3. The summed E-state index contributed by atoms with van der Waals surface area (Å²) in [5.74, 6) is -0.666. The average Bonchev–Trinajstić information content (AvgIpc) is 3.53. The third-order valence-electron chi connectivity index (χ3n) is 9.40. The summed E-state index contributed by atoms with van der Waals surface area (Å²) in [6.07, 6.45) is 1.02. The van der Waals surface area contributed by atoms with Crippen LogP contribution < -0.4 is 15.6 Å². The number of fused-ring (bicyclic) bond motifs is 2. The summed E-state index contributed by atoms with van der Waals surface area (Å²) in [4.78, 5) is 64.0. The highest BCUT2D eigenvalue weighted by Crippen LogP contribution is 2.38. The van der Waals surface area contributed by atoms with Gasteiger partial charge in [-0.15, -0.1) is 0 Å². The molecule has 2 aliphatic heterocycles. The molecule has 0 radical (unpaired) electrons. The highest BCUT2D eigenvalue weighted by atomic mass is 31.2. The van der Waals surface area contributed by atoms with Gasteiger partial charge in [0.15, 0.2) is 0 Å². The molecule has 5 N–H and O–H groups in total. The van der Waals surface area contributed by atoms with Gasteiger partial charge in [-0.1, -0.05) is 72.8 Å². The number of nitrogen functional groups attached to an aromatic ring is 1. The molecular weight excluding hydrogens is 699 g/mol. The predicted octanol–water partition coefficient (Wildman–Crippen LogP) is 3.32. The number of amides is 4. The molecule has 53 heavy (non-hydrogen) atoms. The first-order chi connectivity index (χ1) is 25.4. The van der Waals surface area contributed by atoms with E-state index < -0.39 is 26.1 Å². The van der Waals surface area contributed by atoms with Gasteiger partial charge in [0.05, 0.1) is 31.3 Å². The van der Waals surface area contributed by atoms with Gasteiger partial charge >= 0.3 is 13.9 Å². The molecule has 15 nitrogen and oxygen atoms in total. The Morgan fingerprint density at radius 3 is 2.42 bits per heavy atom. The zero-order valence-corrected chi connectivity index (χ0v) is 29.8. The maximum atomic E-state index is 14.6. The Balaban J connectivity index is 1.22. The molecule has 0 aliphatic carbocycles.